The number of aromatic nitrogens is 1. The highest BCUT2D eigenvalue weighted by molar-refractivity contribution is 5.90. The number of pyridine rings is 1. The number of ether oxygens (including phenoxy) is 1. The fourth-order valence-electron chi connectivity index (χ4n) is 1.90. The molecule has 2 rings (SSSR count). The number of methoxy groups -OCH3 is 1. The second-order valence-corrected chi connectivity index (χ2v) is 3.71. The Hall–Kier alpha value is -1.61. The van der Waals surface area contributed by atoms with Gasteiger partial charge in [-0.3, -0.25) is 4.98 Å². The molecule has 1 aromatic carbocycles. The summed E-state index contributed by atoms with van der Waals surface area (Å²) in [5.41, 5.74) is 6.60. The second-order valence-electron chi connectivity index (χ2n) is 3.71. The molecule has 84 valence electrons. The molecule has 1 heterocycles. The van der Waals surface area contributed by atoms with Gasteiger partial charge in [-0.15, -0.1) is 0 Å². The highest BCUT2D eigenvalue weighted by Crippen LogP contribution is 2.27. The quantitative estimate of drug-likeness (QED) is 0.851. The lowest BCUT2D eigenvalue weighted by Gasteiger charge is -2.09. The molecule has 0 atom stereocenters. The molecule has 0 fully saturated rings. The van der Waals surface area contributed by atoms with Crippen molar-refractivity contribution in [3.63, 3.8) is 0 Å². The highest BCUT2D eigenvalue weighted by atomic mass is 16.5. The van der Waals surface area contributed by atoms with Gasteiger partial charge in [0.15, 0.2) is 0 Å². The number of fused-ring (bicyclic) bond motifs is 1. The van der Waals surface area contributed by atoms with Gasteiger partial charge in [-0.2, -0.15) is 0 Å². The standard InChI is InChI=1S/C13H16N2O/c1-16-12-6-2-4-10-7-9-15-11(13(10)12)5-3-8-14/h2,4,6-7,9H,3,5,8,14H2,1H3. The van der Waals surface area contributed by atoms with E-state index in [9.17, 15) is 0 Å². The Morgan fingerprint density at radius 1 is 1.31 bits per heavy atom. The molecular formula is C13H16N2O. The van der Waals surface area contributed by atoms with E-state index in [1.165, 1.54) is 5.39 Å². The molecule has 0 unspecified atom stereocenters. The monoisotopic (exact) mass is 216 g/mol. The molecule has 0 radical (unpaired) electrons. The van der Waals surface area contributed by atoms with E-state index >= 15 is 0 Å². The molecule has 16 heavy (non-hydrogen) atoms. The van der Waals surface area contributed by atoms with Crippen molar-refractivity contribution in [2.24, 2.45) is 5.73 Å². The minimum atomic E-state index is 0.688. The lowest BCUT2D eigenvalue weighted by Crippen LogP contribution is -2.02. The molecule has 0 aliphatic carbocycles. The first kappa shape index (κ1) is 10.9. The number of nitrogens with zero attached hydrogens (tertiary/aromatic N) is 1. The molecule has 0 bridgehead atoms. The minimum Gasteiger partial charge on any atom is -0.496 e. The van der Waals surface area contributed by atoms with Gasteiger partial charge in [0.05, 0.1) is 12.8 Å². The summed E-state index contributed by atoms with van der Waals surface area (Å²) in [6, 6.07) is 8.04. The van der Waals surface area contributed by atoms with Crippen LogP contribution in [0.4, 0.5) is 0 Å². The van der Waals surface area contributed by atoms with Gasteiger partial charge in [0.2, 0.25) is 0 Å². The molecule has 3 heteroatoms. The van der Waals surface area contributed by atoms with Gasteiger partial charge < -0.3 is 10.5 Å². The Balaban J connectivity index is 2.54. The average molecular weight is 216 g/mol. The second kappa shape index (κ2) is 4.94. The summed E-state index contributed by atoms with van der Waals surface area (Å²) in [4.78, 5) is 4.42. The van der Waals surface area contributed by atoms with Crippen molar-refractivity contribution in [1.82, 2.24) is 4.98 Å². The number of hydrogen-bond donors (Lipinski definition) is 1. The summed E-state index contributed by atoms with van der Waals surface area (Å²) in [5.74, 6) is 0.887. The molecule has 1 aromatic heterocycles. The normalized spacial score (nSPS) is 10.6. The Morgan fingerprint density at radius 3 is 2.94 bits per heavy atom. The van der Waals surface area contributed by atoms with Crippen LogP contribution in [0.5, 0.6) is 5.75 Å². The van der Waals surface area contributed by atoms with Gasteiger partial charge in [-0.1, -0.05) is 12.1 Å². The molecular weight excluding hydrogens is 200 g/mol. The minimum absolute atomic E-state index is 0.688. The third-order valence-electron chi connectivity index (χ3n) is 2.67. The Labute approximate surface area is 95.2 Å². The summed E-state index contributed by atoms with van der Waals surface area (Å²) in [5, 5.41) is 2.28. The maximum Gasteiger partial charge on any atom is 0.128 e. The predicted molar refractivity (Wildman–Crippen MR) is 65.7 cm³/mol. The topological polar surface area (TPSA) is 48.1 Å². The van der Waals surface area contributed by atoms with Crippen molar-refractivity contribution < 1.29 is 4.74 Å². The van der Waals surface area contributed by atoms with Gasteiger partial charge in [-0.05, 0) is 36.9 Å². The number of hydrogen-bond acceptors (Lipinski definition) is 3. The molecule has 0 saturated carbocycles. The average Bonchev–Trinajstić information content (AvgIpc) is 2.35. The van der Waals surface area contributed by atoms with Crippen LogP contribution in [0, 0.1) is 0 Å². The Kier molecular flexibility index (Phi) is 3.37. The molecule has 2 aromatic rings. The zero-order valence-corrected chi connectivity index (χ0v) is 9.44. The van der Waals surface area contributed by atoms with E-state index in [-0.39, 0.29) is 0 Å². The number of rotatable bonds is 4. The van der Waals surface area contributed by atoms with Crippen LogP contribution in [-0.2, 0) is 6.42 Å². The third-order valence-corrected chi connectivity index (χ3v) is 2.67. The Morgan fingerprint density at radius 2 is 2.19 bits per heavy atom. The van der Waals surface area contributed by atoms with Crippen LogP contribution in [0.25, 0.3) is 10.8 Å². The van der Waals surface area contributed by atoms with E-state index in [1.807, 2.05) is 24.4 Å². The summed E-state index contributed by atoms with van der Waals surface area (Å²) in [6.45, 7) is 0.688. The van der Waals surface area contributed by atoms with Gasteiger partial charge in [0.25, 0.3) is 0 Å². The van der Waals surface area contributed by atoms with Gasteiger partial charge in [0, 0.05) is 11.6 Å². The van der Waals surface area contributed by atoms with Crippen molar-refractivity contribution in [1.29, 1.82) is 0 Å². The largest absolute Gasteiger partial charge is 0.496 e. The van der Waals surface area contributed by atoms with Crippen molar-refractivity contribution in [3.05, 3.63) is 36.2 Å². The van der Waals surface area contributed by atoms with Crippen LogP contribution < -0.4 is 10.5 Å². The lowest BCUT2D eigenvalue weighted by molar-refractivity contribution is 0.419. The van der Waals surface area contributed by atoms with Gasteiger partial charge in [-0.25, -0.2) is 0 Å². The summed E-state index contributed by atoms with van der Waals surface area (Å²) in [6.07, 6.45) is 3.69. The molecule has 0 aliphatic heterocycles. The fraction of sp³-hybridized carbons (Fsp3) is 0.308. The van der Waals surface area contributed by atoms with E-state index in [2.05, 4.69) is 11.1 Å². The van der Waals surface area contributed by atoms with Crippen LogP contribution >= 0.6 is 0 Å². The lowest BCUT2D eigenvalue weighted by atomic mass is 10.1. The van der Waals surface area contributed by atoms with Crippen molar-refractivity contribution >= 4 is 10.8 Å². The van der Waals surface area contributed by atoms with Crippen LogP contribution in [0.3, 0.4) is 0 Å². The number of aryl methyl sites for hydroxylation is 1. The number of benzene rings is 1. The summed E-state index contributed by atoms with van der Waals surface area (Å²) < 4.78 is 5.38. The molecule has 0 saturated heterocycles. The summed E-state index contributed by atoms with van der Waals surface area (Å²) in [7, 11) is 1.69. The van der Waals surface area contributed by atoms with E-state index in [0.29, 0.717) is 6.54 Å². The predicted octanol–water partition coefficient (Wildman–Crippen LogP) is 2.13. The van der Waals surface area contributed by atoms with Crippen molar-refractivity contribution in [2.45, 2.75) is 12.8 Å². The van der Waals surface area contributed by atoms with Crippen LogP contribution in [-0.4, -0.2) is 18.6 Å². The molecule has 3 nitrogen and oxygen atoms in total. The third kappa shape index (κ3) is 1.99. The maximum absolute atomic E-state index is 5.53. The van der Waals surface area contributed by atoms with Gasteiger partial charge >= 0.3 is 0 Å². The SMILES string of the molecule is COc1cccc2ccnc(CCCN)c12. The smallest absolute Gasteiger partial charge is 0.128 e. The Bertz CT molecular complexity index is 477. The van der Waals surface area contributed by atoms with Crippen molar-refractivity contribution in [2.75, 3.05) is 13.7 Å². The van der Waals surface area contributed by atoms with Crippen LogP contribution in [0.15, 0.2) is 30.5 Å². The van der Waals surface area contributed by atoms with E-state index < -0.39 is 0 Å². The molecule has 0 amide bonds. The van der Waals surface area contributed by atoms with Crippen molar-refractivity contribution in [3.8, 4) is 5.75 Å². The van der Waals surface area contributed by atoms with Gasteiger partial charge in [0.1, 0.15) is 5.75 Å². The highest BCUT2D eigenvalue weighted by Gasteiger charge is 2.07. The first-order valence-electron chi connectivity index (χ1n) is 5.47. The number of nitrogens with two attached hydrogens (primary N) is 1. The molecule has 0 aliphatic rings. The van der Waals surface area contributed by atoms with Crippen LogP contribution in [0.1, 0.15) is 12.1 Å². The van der Waals surface area contributed by atoms with E-state index in [4.69, 9.17) is 10.5 Å². The van der Waals surface area contributed by atoms with E-state index in [1.54, 1.807) is 7.11 Å². The molecule has 0 spiro atoms. The zero-order chi connectivity index (χ0) is 11.4. The molecule has 2 N–H and O–H groups in total. The maximum atomic E-state index is 5.53. The first-order valence-corrected chi connectivity index (χ1v) is 5.47. The van der Waals surface area contributed by atoms with Crippen LogP contribution in [0.2, 0.25) is 0 Å². The first-order chi connectivity index (χ1) is 7.86. The van der Waals surface area contributed by atoms with E-state index in [0.717, 1.165) is 29.7 Å². The zero-order valence-electron chi connectivity index (χ0n) is 9.44. The summed E-state index contributed by atoms with van der Waals surface area (Å²) >= 11 is 0. The fourth-order valence-corrected chi connectivity index (χ4v) is 1.90.